The van der Waals surface area contributed by atoms with Gasteiger partial charge in [-0.3, -0.25) is 4.72 Å². The fraction of sp³-hybridized carbons (Fsp3) is 0.0769. The van der Waals surface area contributed by atoms with E-state index in [0.29, 0.717) is 4.47 Å². The lowest BCUT2D eigenvalue weighted by atomic mass is 10.2. The lowest BCUT2D eigenvalue weighted by molar-refractivity contribution is 0.530. The minimum Gasteiger partial charge on any atom is -0.326 e. The molecule has 0 fully saturated rings. The van der Waals surface area contributed by atoms with Gasteiger partial charge >= 0.3 is 0 Å². The topological polar surface area (TPSA) is 72.2 Å². The number of hydrogen-bond donors (Lipinski definition) is 2. The van der Waals surface area contributed by atoms with E-state index in [0.717, 1.165) is 12.1 Å². The van der Waals surface area contributed by atoms with Crippen LogP contribution in [0.3, 0.4) is 0 Å². The van der Waals surface area contributed by atoms with Crippen molar-refractivity contribution in [3.05, 3.63) is 58.1 Å². The Hall–Kier alpha value is -1.51. The Balaban J connectivity index is 2.45. The minimum absolute atomic E-state index is 0.252. The summed E-state index contributed by atoms with van der Waals surface area (Å²) in [6, 6.07) is 8.10. The van der Waals surface area contributed by atoms with E-state index in [1.807, 2.05) is 0 Å². The second-order valence-electron chi connectivity index (χ2n) is 4.16. The van der Waals surface area contributed by atoms with Crippen molar-refractivity contribution in [1.82, 2.24) is 0 Å². The highest BCUT2D eigenvalue weighted by Crippen LogP contribution is 2.24. The van der Waals surface area contributed by atoms with Crippen molar-refractivity contribution in [3.8, 4) is 0 Å². The van der Waals surface area contributed by atoms with E-state index in [9.17, 15) is 17.2 Å². The molecule has 3 N–H and O–H groups in total. The molecule has 21 heavy (non-hydrogen) atoms. The van der Waals surface area contributed by atoms with E-state index in [-0.39, 0.29) is 5.69 Å². The Morgan fingerprint density at radius 1 is 1.19 bits per heavy atom. The highest BCUT2D eigenvalue weighted by atomic mass is 79.9. The van der Waals surface area contributed by atoms with Crippen LogP contribution >= 0.6 is 15.9 Å². The second-order valence-corrected chi connectivity index (χ2v) is 6.72. The molecule has 0 aliphatic rings. The third-order valence-electron chi connectivity index (χ3n) is 2.72. The number of sulfonamides is 1. The van der Waals surface area contributed by atoms with Gasteiger partial charge in [0.25, 0.3) is 10.0 Å². The molecule has 0 atom stereocenters. The molecule has 2 rings (SSSR count). The van der Waals surface area contributed by atoms with Crippen molar-refractivity contribution in [2.24, 2.45) is 5.73 Å². The predicted octanol–water partition coefficient (Wildman–Crippen LogP) is 2.99. The third kappa shape index (κ3) is 3.39. The molecule has 0 spiro atoms. The number of benzene rings is 2. The number of halogens is 3. The first-order valence-corrected chi connectivity index (χ1v) is 8.08. The van der Waals surface area contributed by atoms with Crippen molar-refractivity contribution in [3.63, 3.8) is 0 Å². The van der Waals surface area contributed by atoms with Gasteiger partial charge in [0.15, 0.2) is 5.82 Å². The summed E-state index contributed by atoms with van der Waals surface area (Å²) in [5.74, 6) is -2.06. The van der Waals surface area contributed by atoms with Crippen LogP contribution in [0.4, 0.5) is 14.5 Å². The van der Waals surface area contributed by atoms with E-state index in [1.54, 1.807) is 12.1 Å². The molecule has 4 nitrogen and oxygen atoms in total. The molecule has 8 heteroatoms. The Kier molecular flexibility index (Phi) is 4.60. The maximum absolute atomic E-state index is 14.1. The maximum Gasteiger partial charge on any atom is 0.264 e. The van der Waals surface area contributed by atoms with Crippen LogP contribution in [0.5, 0.6) is 0 Å². The van der Waals surface area contributed by atoms with Gasteiger partial charge in [0.2, 0.25) is 0 Å². The average Bonchev–Trinajstić information content (AvgIpc) is 2.38. The van der Waals surface area contributed by atoms with Gasteiger partial charge in [-0.1, -0.05) is 22.0 Å². The normalized spacial score (nSPS) is 11.4. The van der Waals surface area contributed by atoms with E-state index in [4.69, 9.17) is 5.73 Å². The second kappa shape index (κ2) is 6.08. The summed E-state index contributed by atoms with van der Waals surface area (Å²) in [6.45, 7) is -0.433. The number of rotatable bonds is 4. The van der Waals surface area contributed by atoms with Crippen molar-refractivity contribution in [2.45, 2.75) is 11.4 Å². The predicted molar refractivity (Wildman–Crippen MR) is 79.2 cm³/mol. The van der Waals surface area contributed by atoms with Gasteiger partial charge in [-0.2, -0.15) is 0 Å². The molecule has 112 valence electrons. The molecule has 2 aromatic rings. The third-order valence-corrected chi connectivity index (χ3v) is 4.61. The van der Waals surface area contributed by atoms with Crippen LogP contribution in [0.2, 0.25) is 0 Å². The van der Waals surface area contributed by atoms with Gasteiger partial charge in [0.1, 0.15) is 10.7 Å². The van der Waals surface area contributed by atoms with E-state index >= 15 is 0 Å². The molecule has 0 heterocycles. The Morgan fingerprint density at radius 3 is 2.52 bits per heavy atom. The molecule has 0 aliphatic carbocycles. The number of hydrogen-bond acceptors (Lipinski definition) is 3. The van der Waals surface area contributed by atoms with Gasteiger partial charge in [-0.25, -0.2) is 17.2 Å². The Labute approximate surface area is 129 Å². The highest BCUT2D eigenvalue weighted by molar-refractivity contribution is 9.10. The molecular formula is C13H11BrF2N2O2S. The van der Waals surface area contributed by atoms with Crippen LogP contribution in [0.1, 0.15) is 5.56 Å². The molecule has 0 amide bonds. The van der Waals surface area contributed by atoms with Crippen LogP contribution in [-0.4, -0.2) is 8.42 Å². The molecule has 2 aromatic carbocycles. The van der Waals surface area contributed by atoms with E-state index in [2.05, 4.69) is 20.7 Å². The van der Waals surface area contributed by atoms with Crippen LogP contribution in [0, 0.1) is 11.6 Å². The lowest BCUT2D eigenvalue weighted by Crippen LogP contribution is -2.17. The van der Waals surface area contributed by atoms with Gasteiger partial charge in [-0.15, -0.1) is 0 Å². The first-order valence-electron chi connectivity index (χ1n) is 5.80. The molecule has 0 saturated heterocycles. The van der Waals surface area contributed by atoms with Gasteiger partial charge in [0.05, 0.1) is 0 Å². The first-order chi connectivity index (χ1) is 9.85. The minimum atomic E-state index is -4.18. The van der Waals surface area contributed by atoms with Crippen LogP contribution in [-0.2, 0) is 16.6 Å². The Morgan fingerprint density at radius 2 is 1.90 bits per heavy atom. The van der Waals surface area contributed by atoms with E-state index in [1.165, 1.54) is 12.1 Å². The fourth-order valence-electron chi connectivity index (χ4n) is 1.73. The fourth-order valence-corrected chi connectivity index (χ4v) is 3.29. The van der Waals surface area contributed by atoms with Crippen molar-refractivity contribution in [2.75, 3.05) is 4.72 Å². The van der Waals surface area contributed by atoms with Crippen LogP contribution in [0.25, 0.3) is 0 Å². The van der Waals surface area contributed by atoms with E-state index < -0.39 is 38.7 Å². The van der Waals surface area contributed by atoms with Crippen molar-refractivity contribution >= 4 is 31.6 Å². The lowest BCUT2D eigenvalue weighted by Gasteiger charge is -2.11. The zero-order valence-electron chi connectivity index (χ0n) is 10.6. The highest BCUT2D eigenvalue weighted by Gasteiger charge is 2.23. The van der Waals surface area contributed by atoms with Crippen LogP contribution < -0.4 is 10.5 Å². The van der Waals surface area contributed by atoms with Gasteiger partial charge in [0, 0.05) is 22.3 Å². The standard InChI is InChI=1S/C13H11BrF2N2O2S/c14-8-2-1-3-9(6-8)18-21(19,20)12-5-4-11(15)10(7-17)13(12)16/h1-6,18H,7,17H2. The maximum atomic E-state index is 14.1. The average molecular weight is 377 g/mol. The largest absolute Gasteiger partial charge is 0.326 e. The molecule has 0 radical (unpaired) electrons. The van der Waals surface area contributed by atoms with Gasteiger partial charge < -0.3 is 5.73 Å². The number of anilines is 1. The van der Waals surface area contributed by atoms with Crippen molar-refractivity contribution in [1.29, 1.82) is 0 Å². The van der Waals surface area contributed by atoms with Crippen molar-refractivity contribution < 1.29 is 17.2 Å². The molecule has 0 saturated carbocycles. The SMILES string of the molecule is NCc1c(F)ccc(S(=O)(=O)Nc2cccc(Br)c2)c1F. The summed E-state index contributed by atoms with van der Waals surface area (Å²) in [5.41, 5.74) is 5.02. The number of nitrogens with one attached hydrogen (secondary N) is 1. The molecule has 0 unspecified atom stereocenters. The summed E-state index contributed by atoms with van der Waals surface area (Å²) < 4.78 is 54.7. The molecule has 0 bridgehead atoms. The molecular weight excluding hydrogens is 366 g/mol. The molecule has 0 aliphatic heterocycles. The van der Waals surface area contributed by atoms with Gasteiger partial charge in [-0.05, 0) is 30.3 Å². The summed E-state index contributed by atoms with van der Waals surface area (Å²) in [7, 11) is -4.18. The zero-order chi connectivity index (χ0) is 15.6. The summed E-state index contributed by atoms with van der Waals surface area (Å²) in [5, 5.41) is 0. The quantitative estimate of drug-likeness (QED) is 0.861. The first kappa shape index (κ1) is 15.9. The summed E-state index contributed by atoms with van der Waals surface area (Å²) >= 11 is 3.20. The smallest absolute Gasteiger partial charge is 0.264 e. The number of nitrogens with two attached hydrogens (primary N) is 1. The van der Waals surface area contributed by atoms with Crippen LogP contribution in [0.15, 0.2) is 45.8 Å². The molecule has 0 aromatic heterocycles. The zero-order valence-corrected chi connectivity index (χ0v) is 13.0. The Bertz CT molecular complexity index is 782. The summed E-state index contributed by atoms with van der Waals surface area (Å²) in [4.78, 5) is -0.649. The summed E-state index contributed by atoms with van der Waals surface area (Å²) in [6.07, 6.45) is 0. The monoisotopic (exact) mass is 376 g/mol.